The first-order valence-corrected chi connectivity index (χ1v) is 6.10. The van der Waals surface area contributed by atoms with E-state index in [4.69, 9.17) is 9.47 Å². The van der Waals surface area contributed by atoms with Crippen molar-refractivity contribution in [3.63, 3.8) is 0 Å². The Morgan fingerprint density at radius 2 is 1.76 bits per heavy atom. The summed E-state index contributed by atoms with van der Waals surface area (Å²) in [5.74, 6) is 2.13. The molecule has 1 aromatic carbocycles. The minimum Gasteiger partial charge on any atom is -0.494 e. The number of hydrogen-bond donors (Lipinski definition) is 0. The maximum Gasteiger partial charge on any atom is 0.220 e. The average molecular weight is 294 g/mol. The van der Waals surface area contributed by atoms with Crippen LogP contribution in [0.4, 0.5) is 0 Å². The Morgan fingerprint density at radius 1 is 1.06 bits per heavy atom. The maximum absolute atomic E-state index is 5.60. The lowest BCUT2D eigenvalue weighted by molar-refractivity contribution is 0.339. The Hall–Kier alpha value is -1.55. The van der Waals surface area contributed by atoms with Gasteiger partial charge in [-0.05, 0) is 53.2 Å². The zero-order valence-electron chi connectivity index (χ0n) is 9.39. The van der Waals surface area contributed by atoms with Gasteiger partial charge in [0.05, 0.1) is 6.61 Å². The van der Waals surface area contributed by atoms with E-state index in [0.29, 0.717) is 12.5 Å². The van der Waals surface area contributed by atoms with Crippen molar-refractivity contribution in [3.05, 3.63) is 47.1 Å². The van der Waals surface area contributed by atoms with Gasteiger partial charge in [-0.25, -0.2) is 4.98 Å². The molecule has 0 aliphatic rings. The molecule has 0 saturated heterocycles. The molecule has 88 valence electrons. The lowest BCUT2D eigenvalue weighted by Crippen LogP contribution is -1.91. The SMILES string of the molecule is CCOc1ccc(Oc2cccc(Br)n2)cc1. The number of ether oxygens (including phenoxy) is 2. The van der Waals surface area contributed by atoms with Gasteiger partial charge < -0.3 is 9.47 Å². The predicted octanol–water partition coefficient (Wildman–Crippen LogP) is 4.04. The zero-order chi connectivity index (χ0) is 12.1. The molecule has 0 amide bonds. The number of halogens is 1. The highest BCUT2D eigenvalue weighted by molar-refractivity contribution is 9.10. The summed E-state index contributed by atoms with van der Waals surface area (Å²) >= 11 is 3.30. The van der Waals surface area contributed by atoms with Crippen LogP contribution in [0.1, 0.15) is 6.92 Å². The lowest BCUT2D eigenvalue weighted by Gasteiger charge is -2.06. The second kappa shape index (κ2) is 5.68. The quantitative estimate of drug-likeness (QED) is 0.798. The van der Waals surface area contributed by atoms with E-state index in [1.807, 2.05) is 43.3 Å². The third kappa shape index (κ3) is 3.46. The largest absolute Gasteiger partial charge is 0.494 e. The van der Waals surface area contributed by atoms with Crippen molar-refractivity contribution in [3.8, 4) is 17.4 Å². The summed E-state index contributed by atoms with van der Waals surface area (Å²) in [6.07, 6.45) is 0. The van der Waals surface area contributed by atoms with Gasteiger partial charge in [0.15, 0.2) is 0 Å². The van der Waals surface area contributed by atoms with Crippen molar-refractivity contribution in [2.75, 3.05) is 6.61 Å². The van der Waals surface area contributed by atoms with Crippen LogP contribution in [-0.2, 0) is 0 Å². The second-order valence-corrected chi connectivity index (χ2v) is 4.12. The highest BCUT2D eigenvalue weighted by Gasteiger charge is 1.99. The summed E-state index contributed by atoms with van der Waals surface area (Å²) in [5.41, 5.74) is 0. The van der Waals surface area contributed by atoms with Crippen LogP contribution < -0.4 is 9.47 Å². The second-order valence-electron chi connectivity index (χ2n) is 3.31. The topological polar surface area (TPSA) is 31.4 Å². The molecular weight excluding hydrogens is 282 g/mol. The normalized spacial score (nSPS) is 10.0. The van der Waals surface area contributed by atoms with E-state index in [-0.39, 0.29) is 0 Å². The van der Waals surface area contributed by atoms with Crippen molar-refractivity contribution >= 4 is 15.9 Å². The van der Waals surface area contributed by atoms with E-state index in [1.54, 1.807) is 6.07 Å². The van der Waals surface area contributed by atoms with Crippen molar-refractivity contribution < 1.29 is 9.47 Å². The van der Waals surface area contributed by atoms with E-state index in [2.05, 4.69) is 20.9 Å². The molecule has 3 nitrogen and oxygen atoms in total. The van der Waals surface area contributed by atoms with Gasteiger partial charge in [0.25, 0.3) is 0 Å². The van der Waals surface area contributed by atoms with Crippen LogP contribution in [0.3, 0.4) is 0 Å². The van der Waals surface area contributed by atoms with E-state index in [1.165, 1.54) is 0 Å². The van der Waals surface area contributed by atoms with Crippen molar-refractivity contribution in [1.82, 2.24) is 4.98 Å². The van der Waals surface area contributed by atoms with E-state index in [9.17, 15) is 0 Å². The van der Waals surface area contributed by atoms with Gasteiger partial charge in [0, 0.05) is 6.07 Å². The van der Waals surface area contributed by atoms with Crippen LogP contribution in [-0.4, -0.2) is 11.6 Å². The van der Waals surface area contributed by atoms with Crippen molar-refractivity contribution in [2.24, 2.45) is 0 Å². The monoisotopic (exact) mass is 293 g/mol. The summed E-state index contributed by atoms with van der Waals surface area (Å²) in [7, 11) is 0. The summed E-state index contributed by atoms with van der Waals surface area (Å²) in [6, 6.07) is 13.0. The molecule has 0 aliphatic heterocycles. The molecule has 2 aromatic rings. The van der Waals surface area contributed by atoms with Crippen molar-refractivity contribution in [1.29, 1.82) is 0 Å². The van der Waals surface area contributed by atoms with Crippen LogP contribution in [0.25, 0.3) is 0 Å². The molecule has 4 heteroatoms. The summed E-state index contributed by atoms with van der Waals surface area (Å²) in [6.45, 7) is 2.61. The fraction of sp³-hybridized carbons (Fsp3) is 0.154. The summed E-state index contributed by atoms with van der Waals surface area (Å²) in [5, 5.41) is 0. The Bertz CT molecular complexity index is 485. The molecule has 0 N–H and O–H groups in total. The highest BCUT2D eigenvalue weighted by atomic mass is 79.9. The van der Waals surface area contributed by atoms with Crippen LogP contribution in [0.5, 0.6) is 17.4 Å². The molecule has 1 aromatic heterocycles. The molecule has 0 saturated carbocycles. The maximum atomic E-state index is 5.60. The Labute approximate surface area is 109 Å². The van der Waals surface area contributed by atoms with Gasteiger partial charge in [0.2, 0.25) is 5.88 Å². The first-order chi connectivity index (χ1) is 8.28. The van der Waals surface area contributed by atoms with E-state index >= 15 is 0 Å². The third-order valence-electron chi connectivity index (χ3n) is 2.05. The van der Waals surface area contributed by atoms with E-state index < -0.39 is 0 Å². The minimum absolute atomic E-state index is 0.559. The number of aromatic nitrogens is 1. The number of rotatable bonds is 4. The van der Waals surface area contributed by atoms with Crippen LogP contribution in [0, 0.1) is 0 Å². The average Bonchev–Trinajstić information content (AvgIpc) is 2.32. The molecule has 0 fully saturated rings. The Kier molecular flexibility index (Phi) is 3.98. The summed E-state index contributed by atoms with van der Waals surface area (Å²) in [4.78, 5) is 4.19. The number of hydrogen-bond acceptors (Lipinski definition) is 3. The van der Waals surface area contributed by atoms with Gasteiger partial charge in [-0.1, -0.05) is 6.07 Å². The van der Waals surface area contributed by atoms with Crippen LogP contribution >= 0.6 is 15.9 Å². The number of pyridine rings is 1. The minimum atomic E-state index is 0.559. The molecular formula is C13H12BrNO2. The van der Waals surface area contributed by atoms with Gasteiger partial charge in [-0.15, -0.1) is 0 Å². The third-order valence-corrected chi connectivity index (χ3v) is 2.49. The summed E-state index contributed by atoms with van der Waals surface area (Å²) < 4.78 is 11.7. The molecule has 0 radical (unpaired) electrons. The van der Waals surface area contributed by atoms with Crippen LogP contribution in [0.15, 0.2) is 47.1 Å². The van der Waals surface area contributed by atoms with Gasteiger partial charge in [-0.3, -0.25) is 0 Å². The smallest absolute Gasteiger partial charge is 0.220 e. The van der Waals surface area contributed by atoms with Crippen molar-refractivity contribution in [2.45, 2.75) is 6.92 Å². The number of nitrogens with zero attached hydrogens (tertiary/aromatic N) is 1. The lowest BCUT2D eigenvalue weighted by atomic mass is 10.3. The zero-order valence-corrected chi connectivity index (χ0v) is 11.0. The molecule has 0 atom stereocenters. The molecule has 1 heterocycles. The highest BCUT2D eigenvalue weighted by Crippen LogP contribution is 2.23. The Morgan fingerprint density at radius 3 is 2.41 bits per heavy atom. The van der Waals surface area contributed by atoms with Gasteiger partial charge >= 0.3 is 0 Å². The van der Waals surface area contributed by atoms with Crippen LogP contribution in [0.2, 0.25) is 0 Å². The number of benzene rings is 1. The standard InChI is InChI=1S/C13H12BrNO2/c1-2-16-10-6-8-11(9-7-10)17-13-5-3-4-12(14)15-13/h3-9H,2H2,1H3. The van der Waals surface area contributed by atoms with E-state index in [0.717, 1.165) is 16.1 Å². The van der Waals surface area contributed by atoms with Gasteiger partial charge in [-0.2, -0.15) is 0 Å². The first kappa shape index (κ1) is 11.9. The molecule has 0 aliphatic carbocycles. The fourth-order valence-electron chi connectivity index (χ4n) is 1.34. The first-order valence-electron chi connectivity index (χ1n) is 5.31. The molecule has 2 rings (SSSR count). The Balaban J connectivity index is 2.08. The molecule has 0 unspecified atom stereocenters. The molecule has 0 spiro atoms. The molecule has 0 bridgehead atoms. The van der Waals surface area contributed by atoms with Gasteiger partial charge in [0.1, 0.15) is 16.1 Å². The molecule has 17 heavy (non-hydrogen) atoms. The predicted molar refractivity (Wildman–Crippen MR) is 69.6 cm³/mol. The fourth-order valence-corrected chi connectivity index (χ4v) is 1.67.